The highest BCUT2D eigenvalue weighted by molar-refractivity contribution is 9.10. The second-order valence-corrected chi connectivity index (χ2v) is 5.86. The molecule has 0 aliphatic carbocycles. The second-order valence-electron chi connectivity index (χ2n) is 5.00. The Kier molecular flexibility index (Phi) is 5.55. The first kappa shape index (κ1) is 17.6. The van der Waals surface area contributed by atoms with E-state index in [0.717, 1.165) is 0 Å². The Labute approximate surface area is 156 Å². The van der Waals surface area contributed by atoms with Gasteiger partial charge in [-0.3, -0.25) is 4.79 Å². The lowest BCUT2D eigenvalue weighted by atomic mass is 10.2. The molecule has 0 unspecified atom stereocenters. The van der Waals surface area contributed by atoms with Crippen LogP contribution in [0.5, 0.6) is 0 Å². The average molecular weight is 414 g/mol. The molecule has 3 rings (SSSR count). The van der Waals surface area contributed by atoms with Crippen LogP contribution in [-0.4, -0.2) is 11.9 Å². The topological polar surface area (TPSA) is 93.3 Å². The van der Waals surface area contributed by atoms with Gasteiger partial charge in [-0.05, 0) is 64.5 Å². The molecule has 130 valence electrons. The van der Waals surface area contributed by atoms with E-state index in [1.54, 1.807) is 54.6 Å². The van der Waals surface area contributed by atoms with Crippen LogP contribution in [0.1, 0.15) is 20.9 Å². The number of nitrogens with zero attached hydrogens (tertiary/aromatic N) is 2. The Morgan fingerprint density at radius 2 is 1.77 bits per heavy atom. The van der Waals surface area contributed by atoms with Crippen LogP contribution in [0.2, 0.25) is 0 Å². The summed E-state index contributed by atoms with van der Waals surface area (Å²) in [5, 5.41) is 7.40. The van der Waals surface area contributed by atoms with E-state index < -0.39 is 11.9 Å². The molecule has 1 heterocycles. The van der Waals surface area contributed by atoms with Crippen molar-refractivity contribution in [2.75, 3.05) is 5.48 Å². The van der Waals surface area contributed by atoms with Gasteiger partial charge in [-0.25, -0.2) is 10.3 Å². The fourth-order valence-electron chi connectivity index (χ4n) is 1.94. The minimum Gasteiger partial charge on any atom is -0.459 e. The van der Waals surface area contributed by atoms with Crippen molar-refractivity contribution in [1.82, 2.24) is 0 Å². The number of azo groups is 1. The van der Waals surface area contributed by atoms with E-state index >= 15 is 0 Å². The quantitative estimate of drug-likeness (QED) is 0.460. The number of carbonyl (C=O) groups excluding carboxylic acids is 2. The highest BCUT2D eigenvalue weighted by Crippen LogP contribution is 2.19. The molecule has 1 N–H and O–H groups in total. The summed E-state index contributed by atoms with van der Waals surface area (Å²) in [5.41, 5.74) is 3.97. The van der Waals surface area contributed by atoms with Gasteiger partial charge >= 0.3 is 11.9 Å². The van der Waals surface area contributed by atoms with Crippen molar-refractivity contribution < 1.29 is 18.8 Å². The van der Waals surface area contributed by atoms with E-state index in [-0.39, 0.29) is 5.76 Å². The lowest BCUT2D eigenvalue weighted by Gasteiger charge is -2.07. The van der Waals surface area contributed by atoms with Crippen LogP contribution in [0, 0.1) is 0 Å². The van der Waals surface area contributed by atoms with Gasteiger partial charge in [0, 0.05) is 4.47 Å². The van der Waals surface area contributed by atoms with Crippen LogP contribution in [0.15, 0.2) is 86.0 Å². The average Bonchev–Trinajstić information content (AvgIpc) is 3.20. The Morgan fingerprint density at radius 3 is 2.46 bits per heavy atom. The molecule has 0 atom stereocenters. The molecule has 1 amide bonds. The number of carbonyl (C=O) groups is 2. The molecule has 0 saturated heterocycles. The summed E-state index contributed by atoms with van der Waals surface area (Å²) in [6.07, 6.45) is 1.39. The molecule has 8 heteroatoms. The van der Waals surface area contributed by atoms with Crippen molar-refractivity contribution in [3.63, 3.8) is 0 Å². The van der Waals surface area contributed by atoms with Gasteiger partial charge in [0.2, 0.25) is 0 Å². The first-order valence-electron chi connectivity index (χ1n) is 7.45. The van der Waals surface area contributed by atoms with E-state index in [9.17, 15) is 9.59 Å². The molecule has 26 heavy (non-hydrogen) atoms. The zero-order valence-corrected chi connectivity index (χ0v) is 14.8. The summed E-state index contributed by atoms with van der Waals surface area (Å²) in [5.74, 6) is -0.976. The Balaban J connectivity index is 1.57. The van der Waals surface area contributed by atoms with Crippen molar-refractivity contribution in [2.24, 2.45) is 10.2 Å². The summed E-state index contributed by atoms with van der Waals surface area (Å²) in [4.78, 5) is 28.7. The minimum atomic E-state index is -0.570. The minimum absolute atomic E-state index is 0.117. The molecule has 0 fully saturated rings. The summed E-state index contributed by atoms with van der Waals surface area (Å²) in [7, 11) is 0. The van der Waals surface area contributed by atoms with Crippen LogP contribution in [0.4, 0.5) is 11.4 Å². The summed E-state index contributed by atoms with van der Waals surface area (Å²) < 4.78 is 5.58. The van der Waals surface area contributed by atoms with E-state index in [1.165, 1.54) is 12.3 Å². The van der Waals surface area contributed by atoms with E-state index in [2.05, 4.69) is 31.6 Å². The number of amides is 1. The predicted molar refractivity (Wildman–Crippen MR) is 97.2 cm³/mol. The highest BCUT2D eigenvalue weighted by Gasteiger charge is 2.11. The highest BCUT2D eigenvalue weighted by atomic mass is 79.9. The van der Waals surface area contributed by atoms with E-state index in [4.69, 9.17) is 9.25 Å². The molecule has 3 aromatic rings. The lowest BCUT2D eigenvalue weighted by Crippen LogP contribution is -2.11. The summed E-state index contributed by atoms with van der Waals surface area (Å²) in [6.45, 7) is 0. The zero-order chi connectivity index (χ0) is 18.4. The standard InChI is InChI=1S/C18H12BrN3O4/c19-15-5-2-1-4-14(15)18(24)26-22-13-9-7-12(8-10-13)20-21-17(23)16-6-3-11-25-16/h1-11,22H. The number of hydrogen-bond acceptors (Lipinski definition) is 6. The van der Waals surface area contributed by atoms with Crippen molar-refractivity contribution in [1.29, 1.82) is 0 Å². The molecule has 1 aromatic heterocycles. The van der Waals surface area contributed by atoms with Crippen LogP contribution in [-0.2, 0) is 4.84 Å². The third-order valence-corrected chi connectivity index (χ3v) is 3.90. The monoisotopic (exact) mass is 413 g/mol. The molecule has 0 aliphatic heterocycles. The first-order valence-corrected chi connectivity index (χ1v) is 8.24. The molecule has 0 saturated carbocycles. The van der Waals surface area contributed by atoms with E-state index in [0.29, 0.717) is 21.4 Å². The van der Waals surface area contributed by atoms with Crippen LogP contribution < -0.4 is 5.48 Å². The molecule has 0 spiro atoms. The smallest absolute Gasteiger partial charge is 0.363 e. The first-order chi connectivity index (χ1) is 12.6. The maximum atomic E-state index is 12.0. The summed E-state index contributed by atoms with van der Waals surface area (Å²) in [6, 6.07) is 16.6. The molecule has 0 bridgehead atoms. The van der Waals surface area contributed by atoms with Crippen LogP contribution in [0.25, 0.3) is 0 Å². The fraction of sp³-hybridized carbons (Fsp3) is 0. The predicted octanol–water partition coefficient (Wildman–Crippen LogP) is 5.15. The van der Waals surface area contributed by atoms with Crippen molar-refractivity contribution in [2.45, 2.75) is 0 Å². The van der Waals surface area contributed by atoms with Gasteiger partial charge in [0.05, 0.1) is 23.2 Å². The van der Waals surface area contributed by atoms with Gasteiger partial charge in [-0.15, -0.1) is 10.2 Å². The van der Waals surface area contributed by atoms with Crippen molar-refractivity contribution in [3.05, 3.63) is 82.7 Å². The van der Waals surface area contributed by atoms with Crippen LogP contribution >= 0.6 is 15.9 Å². The van der Waals surface area contributed by atoms with Crippen molar-refractivity contribution in [3.8, 4) is 0 Å². The molecule has 0 aliphatic rings. The van der Waals surface area contributed by atoms with E-state index in [1.807, 2.05) is 0 Å². The normalized spacial score (nSPS) is 10.7. The maximum absolute atomic E-state index is 12.0. The third kappa shape index (κ3) is 4.42. The number of benzene rings is 2. The molecular weight excluding hydrogens is 402 g/mol. The number of furan rings is 1. The van der Waals surface area contributed by atoms with Gasteiger partial charge in [0.1, 0.15) is 0 Å². The largest absolute Gasteiger partial charge is 0.459 e. The number of nitrogens with one attached hydrogen (secondary N) is 1. The Morgan fingerprint density at radius 1 is 1.00 bits per heavy atom. The molecule has 0 radical (unpaired) electrons. The Hall–Kier alpha value is -3.26. The SMILES string of the molecule is O=C(N=Nc1ccc(NOC(=O)c2ccccc2Br)cc1)c1ccco1. The van der Waals surface area contributed by atoms with Gasteiger partial charge in [0.15, 0.2) is 5.76 Å². The second kappa shape index (κ2) is 8.21. The lowest BCUT2D eigenvalue weighted by molar-refractivity contribution is 0.0595. The van der Waals surface area contributed by atoms with Gasteiger partial charge < -0.3 is 9.25 Å². The number of rotatable bonds is 5. The van der Waals surface area contributed by atoms with Gasteiger partial charge in [-0.1, -0.05) is 12.1 Å². The summed E-state index contributed by atoms with van der Waals surface area (Å²) >= 11 is 3.29. The number of hydrogen-bond donors (Lipinski definition) is 1. The van der Waals surface area contributed by atoms with Crippen molar-refractivity contribution >= 4 is 39.2 Å². The fourth-order valence-corrected chi connectivity index (χ4v) is 2.38. The zero-order valence-electron chi connectivity index (χ0n) is 13.3. The molecule has 2 aromatic carbocycles. The number of anilines is 1. The number of halogens is 1. The van der Waals surface area contributed by atoms with Gasteiger partial charge in [0.25, 0.3) is 0 Å². The Bertz CT molecular complexity index is 937. The van der Waals surface area contributed by atoms with Gasteiger partial charge in [-0.2, -0.15) is 0 Å². The molecule has 7 nitrogen and oxygen atoms in total. The maximum Gasteiger partial charge on any atom is 0.363 e. The third-order valence-electron chi connectivity index (χ3n) is 3.21. The molecular formula is C18H12BrN3O4. The van der Waals surface area contributed by atoms with Crippen LogP contribution in [0.3, 0.4) is 0 Å².